The van der Waals surface area contributed by atoms with E-state index in [0.29, 0.717) is 12.1 Å². The van der Waals surface area contributed by atoms with E-state index in [2.05, 4.69) is 35.9 Å². The Hall–Kier alpha value is -0.160. The molecule has 0 aromatic rings. The molecule has 0 bridgehead atoms. The molecule has 1 saturated carbocycles. The van der Waals surface area contributed by atoms with E-state index < -0.39 is 0 Å². The largest absolute Gasteiger partial charge is 0.394 e. The monoisotopic (exact) mass is 283 g/mol. The van der Waals surface area contributed by atoms with E-state index in [-0.39, 0.29) is 12.1 Å². The van der Waals surface area contributed by atoms with Crippen molar-refractivity contribution in [1.82, 2.24) is 15.1 Å². The second-order valence-electron chi connectivity index (χ2n) is 7.07. The summed E-state index contributed by atoms with van der Waals surface area (Å²) in [6, 6.07) is 1.20. The molecule has 2 N–H and O–H groups in total. The van der Waals surface area contributed by atoms with Gasteiger partial charge in [0.2, 0.25) is 0 Å². The van der Waals surface area contributed by atoms with E-state index in [1.54, 1.807) is 0 Å². The van der Waals surface area contributed by atoms with E-state index >= 15 is 0 Å². The van der Waals surface area contributed by atoms with Crippen molar-refractivity contribution >= 4 is 0 Å². The predicted molar refractivity (Wildman–Crippen MR) is 84.0 cm³/mol. The van der Waals surface area contributed by atoms with Gasteiger partial charge in [-0.2, -0.15) is 0 Å². The molecule has 4 heteroatoms. The first-order chi connectivity index (χ1) is 9.56. The molecule has 118 valence electrons. The van der Waals surface area contributed by atoms with Gasteiger partial charge in [0.15, 0.2) is 0 Å². The standard InChI is InChI=1S/C16H33N3O/c1-4-7-18-8-10-19(11-9-18)14(2)12-16(3,13-20)17-15-5-6-15/h14-15,17,20H,4-13H2,1-3H3. The first-order valence-corrected chi connectivity index (χ1v) is 8.41. The van der Waals surface area contributed by atoms with E-state index in [4.69, 9.17) is 0 Å². The minimum atomic E-state index is -0.110. The van der Waals surface area contributed by atoms with Gasteiger partial charge in [0, 0.05) is 43.8 Å². The molecule has 2 rings (SSSR count). The highest BCUT2D eigenvalue weighted by molar-refractivity contribution is 4.94. The summed E-state index contributed by atoms with van der Waals surface area (Å²) in [7, 11) is 0. The van der Waals surface area contributed by atoms with Gasteiger partial charge in [0.05, 0.1) is 6.61 Å². The van der Waals surface area contributed by atoms with Crippen molar-refractivity contribution in [2.24, 2.45) is 0 Å². The molecule has 1 saturated heterocycles. The summed E-state index contributed by atoms with van der Waals surface area (Å²) in [6.07, 6.45) is 4.84. The van der Waals surface area contributed by atoms with E-state index in [1.807, 2.05) is 0 Å². The molecule has 0 spiro atoms. The molecule has 0 aromatic heterocycles. The van der Waals surface area contributed by atoms with Crippen molar-refractivity contribution in [2.75, 3.05) is 39.3 Å². The van der Waals surface area contributed by atoms with Crippen LogP contribution in [0.25, 0.3) is 0 Å². The molecule has 0 radical (unpaired) electrons. The van der Waals surface area contributed by atoms with Gasteiger partial charge in [-0.25, -0.2) is 0 Å². The number of hydrogen-bond acceptors (Lipinski definition) is 4. The maximum absolute atomic E-state index is 9.73. The van der Waals surface area contributed by atoms with Crippen LogP contribution in [0.2, 0.25) is 0 Å². The highest BCUT2D eigenvalue weighted by atomic mass is 16.3. The van der Waals surface area contributed by atoms with Crippen LogP contribution in [0.3, 0.4) is 0 Å². The molecule has 0 aromatic carbocycles. The third kappa shape index (κ3) is 4.69. The summed E-state index contributed by atoms with van der Waals surface area (Å²) in [6.45, 7) is 13.0. The molecule has 1 aliphatic heterocycles. The number of hydrogen-bond donors (Lipinski definition) is 2. The first kappa shape index (κ1) is 16.2. The Balaban J connectivity index is 1.77. The molecule has 2 atom stereocenters. The fourth-order valence-electron chi connectivity index (χ4n) is 3.41. The summed E-state index contributed by atoms with van der Waals surface area (Å²) in [5, 5.41) is 13.4. The van der Waals surface area contributed by atoms with Crippen molar-refractivity contribution in [3.63, 3.8) is 0 Å². The Kier molecular flexibility index (Phi) is 5.84. The van der Waals surface area contributed by atoms with Crippen LogP contribution in [0.5, 0.6) is 0 Å². The van der Waals surface area contributed by atoms with Crippen LogP contribution in [0.1, 0.15) is 46.5 Å². The maximum atomic E-state index is 9.73. The molecule has 2 fully saturated rings. The summed E-state index contributed by atoms with van der Waals surface area (Å²) in [5.74, 6) is 0. The Morgan fingerprint density at radius 2 is 1.90 bits per heavy atom. The molecule has 1 aliphatic carbocycles. The highest BCUT2D eigenvalue weighted by Crippen LogP contribution is 2.25. The predicted octanol–water partition coefficient (Wildman–Crippen LogP) is 1.30. The van der Waals surface area contributed by atoms with Crippen LogP contribution >= 0.6 is 0 Å². The normalized spacial score (nSPS) is 26.4. The highest BCUT2D eigenvalue weighted by Gasteiger charge is 2.34. The molecule has 2 unspecified atom stereocenters. The number of nitrogens with one attached hydrogen (secondary N) is 1. The Morgan fingerprint density at radius 3 is 2.40 bits per heavy atom. The van der Waals surface area contributed by atoms with Gasteiger partial charge in [-0.05, 0) is 46.1 Å². The van der Waals surface area contributed by atoms with E-state index in [9.17, 15) is 5.11 Å². The van der Waals surface area contributed by atoms with E-state index in [1.165, 1.54) is 52.0 Å². The van der Waals surface area contributed by atoms with Crippen molar-refractivity contribution in [3.05, 3.63) is 0 Å². The molecular formula is C16H33N3O. The maximum Gasteiger partial charge on any atom is 0.0611 e. The van der Waals surface area contributed by atoms with Gasteiger partial charge >= 0.3 is 0 Å². The van der Waals surface area contributed by atoms with Gasteiger partial charge in [0.1, 0.15) is 0 Å². The fraction of sp³-hybridized carbons (Fsp3) is 1.00. The lowest BCUT2D eigenvalue weighted by Crippen LogP contribution is -2.55. The molecular weight excluding hydrogens is 250 g/mol. The van der Waals surface area contributed by atoms with Crippen LogP contribution in [-0.2, 0) is 0 Å². The second kappa shape index (κ2) is 7.21. The summed E-state index contributed by atoms with van der Waals surface area (Å²) in [4.78, 5) is 5.16. The van der Waals surface area contributed by atoms with Crippen LogP contribution in [0.15, 0.2) is 0 Å². The smallest absolute Gasteiger partial charge is 0.0611 e. The molecule has 20 heavy (non-hydrogen) atoms. The SMILES string of the molecule is CCCN1CCN(C(C)CC(C)(CO)NC2CC2)CC1. The topological polar surface area (TPSA) is 38.7 Å². The lowest BCUT2D eigenvalue weighted by atomic mass is 9.93. The first-order valence-electron chi connectivity index (χ1n) is 8.41. The van der Waals surface area contributed by atoms with Gasteiger partial charge in [-0.1, -0.05) is 6.92 Å². The third-order valence-corrected chi connectivity index (χ3v) is 4.79. The Labute approximate surface area is 124 Å². The lowest BCUT2D eigenvalue weighted by molar-refractivity contribution is 0.0711. The fourth-order valence-corrected chi connectivity index (χ4v) is 3.41. The summed E-state index contributed by atoms with van der Waals surface area (Å²) < 4.78 is 0. The summed E-state index contributed by atoms with van der Waals surface area (Å²) in [5.41, 5.74) is -0.110. The number of piperazine rings is 1. The summed E-state index contributed by atoms with van der Waals surface area (Å²) >= 11 is 0. The molecule has 2 aliphatic rings. The van der Waals surface area contributed by atoms with Crippen molar-refractivity contribution < 1.29 is 5.11 Å². The number of rotatable bonds is 8. The van der Waals surface area contributed by atoms with Gasteiger partial charge in [-0.15, -0.1) is 0 Å². The van der Waals surface area contributed by atoms with Crippen molar-refractivity contribution in [3.8, 4) is 0 Å². The lowest BCUT2D eigenvalue weighted by Gasteiger charge is -2.41. The van der Waals surface area contributed by atoms with E-state index in [0.717, 1.165) is 6.42 Å². The minimum absolute atomic E-state index is 0.110. The zero-order valence-electron chi connectivity index (χ0n) is 13.6. The molecule has 0 amide bonds. The minimum Gasteiger partial charge on any atom is -0.394 e. The third-order valence-electron chi connectivity index (χ3n) is 4.79. The zero-order valence-corrected chi connectivity index (χ0v) is 13.6. The zero-order chi connectivity index (χ0) is 14.6. The number of aliphatic hydroxyl groups is 1. The molecule has 4 nitrogen and oxygen atoms in total. The van der Waals surface area contributed by atoms with Crippen molar-refractivity contribution in [2.45, 2.75) is 64.1 Å². The quantitative estimate of drug-likeness (QED) is 0.704. The Morgan fingerprint density at radius 1 is 1.25 bits per heavy atom. The van der Waals surface area contributed by atoms with Crippen LogP contribution in [0, 0.1) is 0 Å². The van der Waals surface area contributed by atoms with Crippen LogP contribution in [-0.4, -0.2) is 71.9 Å². The number of aliphatic hydroxyl groups excluding tert-OH is 1. The Bertz CT molecular complexity index is 287. The van der Waals surface area contributed by atoms with Gasteiger partial charge < -0.3 is 15.3 Å². The van der Waals surface area contributed by atoms with Gasteiger partial charge in [-0.3, -0.25) is 4.90 Å². The van der Waals surface area contributed by atoms with Crippen LogP contribution < -0.4 is 5.32 Å². The van der Waals surface area contributed by atoms with Crippen molar-refractivity contribution in [1.29, 1.82) is 0 Å². The average molecular weight is 283 g/mol. The average Bonchev–Trinajstić information content (AvgIpc) is 3.23. The number of nitrogens with zero attached hydrogens (tertiary/aromatic N) is 2. The second-order valence-corrected chi connectivity index (χ2v) is 7.07. The molecule has 1 heterocycles. The van der Waals surface area contributed by atoms with Crippen LogP contribution in [0.4, 0.5) is 0 Å². The van der Waals surface area contributed by atoms with Gasteiger partial charge in [0.25, 0.3) is 0 Å².